The lowest BCUT2D eigenvalue weighted by molar-refractivity contribution is 0.0275. The Labute approximate surface area is 203 Å². The van der Waals surface area contributed by atoms with Crippen molar-refractivity contribution in [1.29, 1.82) is 0 Å². The molecule has 2 aliphatic rings. The molecule has 2 aromatic rings. The summed E-state index contributed by atoms with van der Waals surface area (Å²) in [5, 5.41) is 0. The summed E-state index contributed by atoms with van der Waals surface area (Å²) in [6.07, 6.45) is 7.25. The molecule has 1 aromatic heterocycles. The number of hydrogen-bond donors (Lipinski definition) is 1. The van der Waals surface area contributed by atoms with Crippen molar-refractivity contribution in [3.05, 3.63) is 53.7 Å². The van der Waals surface area contributed by atoms with Gasteiger partial charge >= 0.3 is 0 Å². The Bertz CT molecular complexity index is 1000. The van der Waals surface area contributed by atoms with E-state index in [1.807, 2.05) is 25.3 Å². The van der Waals surface area contributed by atoms with Crippen LogP contribution in [0.15, 0.2) is 42.6 Å². The second kappa shape index (κ2) is 12.5. The molecular weight excluding hydrogens is 454 g/mol. The van der Waals surface area contributed by atoms with Gasteiger partial charge in [0, 0.05) is 38.9 Å². The lowest BCUT2D eigenvalue weighted by Crippen LogP contribution is -2.44. The maximum atomic E-state index is 9.19. The van der Waals surface area contributed by atoms with E-state index in [-0.39, 0.29) is 6.10 Å². The zero-order valence-corrected chi connectivity index (χ0v) is 21.2. The third kappa shape index (κ3) is 7.94. The standard InChI is InChI=1S/C24H33N3O2.CH4O3S/c1-3-28-23-9-6-14-25-24(23)26(2)20-10-15-27(16-11-20)17-12-22-21-8-5-4-7-19(21)13-18-29-22;1-5(2,3)4/h4-9,14,20,22H,3,10-13,15-18H2,1-2H3;1H3,(H,2,3,4). The molecule has 3 heterocycles. The van der Waals surface area contributed by atoms with Crippen molar-refractivity contribution in [2.75, 3.05) is 51.1 Å². The molecule has 8 nitrogen and oxygen atoms in total. The number of hydrogen-bond acceptors (Lipinski definition) is 7. The molecule has 0 aliphatic carbocycles. The van der Waals surface area contributed by atoms with Crippen LogP contribution in [0, 0.1) is 0 Å². The molecule has 1 N–H and O–H groups in total. The van der Waals surface area contributed by atoms with Gasteiger partial charge in [0.25, 0.3) is 10.1 Å². The summed E-state index contributed by atoms with van der Waals surface area (Å²) in [6.45, 7) is 6.88. The lowest BCUT2D eigenvalue weighted by Gasteiger charge is -2.38. The van der Waals surface area contributed by atoms with Gasteiger partial charge in [-0.25, -0.2) is 4.98 Å². The molecule has 34 heavy (non-hydrogen) atoms. The number of benzene rings is 1. The topological polar surface area (TPSA) is 92.2 Å². The number of fused-ring (bicyclic) bond motifs is 1. The van der Waals surface area contributed by atoms with Crippen molar-refractivity contribution in [3.8, 4) is 5.75 Å². The maximum absolute atomic E-state index is 9.19. The number of pyridine rings is 1. The van der Waals surface area contributed by atoms with Gasteiger partial charge < -0.3 is 19.3 Å². The summed E-state index contributed by atoms with van der Waals surface area (Å²) in [5.41, 5.74) is 2.86. The van der Waals surface area contributed by atoms with Crippen LogP contribution in [-0.4, -0.2) is 75.0 Å². The van der Waals surface area contributed by atoms with Crippen molar-refractivity contribution in [2.24, 2.45) is 0 Å². The van der Waals surface area contributed by atoms with E-state index in [4.69, 9.17) is 14.0 Å². The number of nitrogens with zero attached hydrogens (tertiary/aromatic N) is 3. The van der Waals surface area contributed by atoms with Gasteiger partial charge in [0.05, 0.1) is 25.6 Å². The summed E-state index contributed by atoms with van der Waals surface area (Å²) < 4.78 is 37.7. The van der Waals surface area contributed by atoms with E-state index in [1.165, 1.54) is 11.1 Å². The van der Waals surface area contributed by atoms with E-state index in [0.717, 1.165) is 63.5 Å². The SMILES string of the molecule is CCOc1cccnc1N(C)C1CCN(CCC2OCCc3ccccc32)CC1.CS(=O)(=O)O. The zero-order chi connectivity index (χ0) is 24.6. The second-order valence-electron chi connectivity index (χ2n) is 8.77. The molecule has 1 saturated heterocycles. The fourth-order valence-electron chi connectivity index (χ4n) is 4.63. The highest BCUT2D eigenvalue weighted by atomic mass is 32.2. The van der Waals surface area contributed by atoms with Crippen LogP contribution in [-0.2, 0) is 21.3 Å². The molecule has 4 rings (SSSR count). The first-order chi connectivity index (χ1) is 16.3. The van der Waals surface area contributed by atoms with Crippen LogP contribution in [0.4, 0.5) is 5.82 Å². The predicted molar refractivity (Wildman–Crippen MR) is 134 cm³/mol. The van der Waals surface area contributed by atoms with Gasteiger partial charge in [-0.3, -0.25) is 4.55 Å². The molecule has 188 valence electrons. The quantitative estimate of drug-likeness (QED) is 0.588. The first-order valence-corrected chi connectivity index (χ1v) is 13.8. The second-order valence-corrected chi connectivity index (χ2v) is 10.2. The number of aromatic nitrogens is 1. The highest BCUT2D eigenvalue weighted by molar-refractivity contribution is 7.85. The Morgan fingerprint density at radius 1 is 1.21 bits per heavy atom. The first kappa shape index (κ1) is 26.4. The average molecular weight is 492 g/mol. The number of ether oxygens (including phenoxy) is 2. The predicted octanol–water partition coefficient (Wildman–Crippen LogP) is 3.59. The van der Waals surface area contributed by atoms with Crippen LogP contribution < -0.4 is 9.64 Å². The van der Waals surface area contributed by atoms with E-state index < -0.39 is 10.1 Å². The largest absolute Gasteiger partial charge is 0.490 e. The third-order valence-electron chi connectivity index (χ3n) is 6.29. The molecule has 1 atom stereocenters. The average Bonchev–Trinajstić information content (AvgIpc) is 2.82. The normalized spacial score (nSPS) is 19.0. The van der Waals surface area contributed by atoms with E-state index in [0.29, 0.717) is 18.9 Å². The molecule has 0 bridgehead atoms. The smallest absolute Gasteiger partial charge is 0.261 e. The number of rotatable bonds is 7. The molecule has 1 unspecified atom stereocenters. The monoisotopic (exact) mass is 491 g/mol. The minimum absolute atomic E-state index is 0.252. The number of likely N-dealkylation sites (tertiary alicyclic amines) is 1. The van der Waals surface area contributed by atoms with Crippen molar-refractivity contribution in [1.82, 2.24) is 9.88 Å². The molecule has 9 heteroatoms. The minimum Gasteiger partial charge on any atom is -0.490 e. The summed E-state index contributed by atoms with van der Waals surface area (Å²) in [7, 11) is -1.52. The van der Waals surface area contributed by atoms with Crippen LogP contribution >= 0.6 is 0 Å². The van der Waals surface area contributed by atoms with Crippen LogP contribution in [0.25, 0.3) is 0 Å². The lowest BCUT2D eigenvalue weighted by atomic mass is 9.95. The van der Waals surface area contributed by atoms with Gasteiger partial charge in [-0.15, -0.1) is 0 Å². The van der Waals surface area contributed by atoms with Gasteiger partial charge in [-0.1, -0.05) is 24.3 Å². The summed E-state index contributed by atoms with van der Waals surface area (Å²) in [6, 6.07) is 13.2. The van der Waals surface area contributed by atoms with E-state index in [9.17, 15) is 8.42 Å². The van der Waals surface area contributed by atoms with Crippen molar-refractivity contribution in [3.63, 3.8) is 0 Å². The van der Waals surface area contributed by atoms with E-state index in [1.54, 1.807) is 0 Å². The van der Waals surface area contributed by atoms with Gasteiger partial charge in [0.1, 0.15) is 0 Å². The Hall–Kier alpha value is -2.20. The fourth-order valence-corrected chi connectivity index (χ4v) is 4.63. The van der Waals surface area contributed by atoms with Crippen LogP contribution in [0.2, 0.25) is 0 Å². The van der Waals surface area contributed by atoms with Gasteiger partial charge in [-0.05, 0) is 55.9 Å². The van der Waals surface area contributed by atoms with Gasteiger partial charge in [0.15, 0.2) is 11.6 Å². The molecule has 0 spiro atoms. The van der Waals surface area contributed by atoms with E-state index >= 15 is 0 Å². The van der Waals surface area contributed by atoms with Crippen LogP contribution in [0.1, 0.15) is 43.4 Å². The van der Waals surface area contributed by atoms with Gasteiger partial charge in [-0.2, -0.15) is 8.42 Å². The maximum Gasteiger partial charge on any atom is 0.261 e. The summed E-state index contributed by atoms with van der Waals surface area (Å²) >= 11 is 0. The summed E-state index contributed by atoms with van der Waals surface area (Å²) in [5.74, 6) is 1.84. The first-order valence-electron chi connectivity index (χ1n) is 11.9. The molecule has 0 amide bonds. The van der Waals surface area contributed by atoms with E-state index in [2.05, 4.69) is 46.1 Å². The Morgan fingerprint density at radius 3 is 2.62 bits per heavy atom. The van der Waals surface area contributed by atoms with Crippen LogP contribution in [0.3, 0.4) is 0 Å². The summed E-state index contributed by atoms with van der Waals surface area (Å²) in [4.78, 5) is 9.48. The Balaban J connectivity index is 0.000000588. The third-order valence-corrected chi connectivity index (χ3v) is 6.29. The van der Waals surface area contributed by atoms with Crippen LogP contribution in [0.5, 0.6) is 5.75 Å². The molecule has 0 radical (unpaired) electrons. The minimum atomic E-state index is -3.67. The zero-order valence-electron chi connectivity index (χ0n) is 20.4. The van der Waals surface area contributed by atoms with Crippen molar-refractivity contribution < 1.29 is 22.4 Å². The molecule has 2 aliphatic heterocycles. The Kier molecular flexibility index (Phi) is 9.70. The highest BCUT2D eigenvalue weighted by Gasteiger charge is 2.26. The molecule has 1 fully saturated rings. The van der Waals surface area contributed by atoms with Crippen molar-refractivity contribution >= 4 is 15.9 Å². The molecule has 1 aromatic carbocycles. The van der Waals surface area contributed by atoms with Crippen molar-refractivity contribution in [2.45, 2.75) is 44.8 Å². The molecule has 0 saturated carbocycles. The fraction of sp³-hybridized carbons (Fsp3) is 0.560. The van der Waals surface area contributed by atoms with Gasteiger partial charge in [0.2, 0.25) is 0 Å². The highest BCUT2D eigenvalue weighted by Crippen LogP contribution is 2.31. The number of anilines is 1. The Morgan fingerprint density at radius 2 is 1.91 bits per heavy atom. The molecular formula is C25H37N3O5S. The number of piperidine rings is 1.